The molecule has 0 spiro atoms. The lowest BCUT2D eigenvalue weighted by atomic mass is 10.2. The fraction of sp³-hybridized carbons (Fsp3) is 0.556. The van der Waals surface area contributed by atoms with Crippen LogP contribution in [0.5, 0.6) is 0 Å². The number of hydrogen-bond acceptors (Lipinski definition) is 3. The molecule has 1 aromatic carbocycles. The van der Waals surface area contributed by atoms with Gasteiger partial charge in [-0.25, -0.2) is 0 Å². The Morgan fingerprint density at radius 3 is 2.70 bits per heavy atom. The maximum Gasteiger partial charge on any atom is 0.241 e. The zero-order valence-corrected chi connectivity index (χ0v) is 14.2. The van der Waals surface area contributed by atoms with Gasteiger partial charge in [0.25, 0.3) is 0 Å². The van der Waals surface area contributed by atoms with Crippen molar-refractivity contribution in [2.24, 2.45) is 0 Å². The van der Waals surface area contributed by atoms with Crippen molar-refractivity contribution < 1.29 is 9.59 Å². The highest BCUT2D eigenvalue weighted by Gasteiger charge is 2.25. The first-order valence-electron chi connectivity index (χ1n) is 8.53. The molecule has 0 fully saturated rings. The number of benzene rings is 1. The molecule has 1 aliphatic heterocycles. The number of rotatable bonds is 8. The quantitative estimate of drug-likeness (QED) is 0.795. The lowest BCUT2D eigenvalue weighted by Crippen LogP contribution is -2.44. The fourth-order valence-electron chi connectivity index (χ4n) is 2.93. The van der Waals surface area contributed by atoms with Gasteiger partial charge in [0.15, 0.2) is 0 Å². The Labute approximate surface area is 138 Å². The molecule has 5 nitrogen and oxygen atoms in total. The lowest BCUT2D eigenvalue weighted by Gasteiger charge is -2.24. The number of nitrogens with zero attached hydrogens (tertiary/aromatic N) is 2. The molecule has 1 aliphatic rings. The van der Waals surface area contributed by atoms with Crippen molar-refractivity contribution in [2.45, 2.75) is 33.1 Å². The number of fused-ring (bicyclic) bond motifs is 1. The molecule has 0 aromatic heterocycles. The van der Waals surface area contributed by atoms with E-state index in [1.807, 2.05) is 34.9 Å². The molecule has 0 saturated heterocycles. The van der Waals surface area contributed by atoms with E-state index in [1.165, 1.54) is 5.56 Å². The fourth-order valence-corrected chi connectivity index (χ4v) is 2.93. The molecule has 5 heteroatoms. The molecule has 0 bridgehead atoms. The SMILES string of the molecule is CCCNC(=O)CN(CCC)CC(=O)N1CCc2ccccc21. The predicted molar refractivity (Wildman–Crippen MR) is 92.5 cm³/mol. The average Bonchev–Trinajstić information content (AvgIpc) is 2.97. The Morgan fingerprint density at radius 2 is 1.96 bits per heavy atom. The molecule has 0 unspecified atom stereocenters. The van der Waals surface area contributed by atoms with Crippen LogP contribution in [-0.4, -0.2) is 49.4 Å². The van der Waals surface area contributed by atoms with Crippen molar-refractivity contribution in [1.82, 2.24) is 10.2 Å². The number of amides is 2. The van der Waals surface area contributed by atoms with E-state index in [0.29, 0.717) is 13.1 Å². The van der Waals surface area contributed by atoms with E-state index in [9.17, 15) is 9.59 Å². The van der Waals surface area contributed by atoms with Gasteiger partial charge in [-0.15, -0.1) is 0 Å². The molecule has 2 rings (SSSR count). The van der Waals surface area contributed by atoms with Gasteiger partial charge in [-0.3, -0.25) is 14.5 Å². The second-order valence-electron chi connectivity index (χ2n) is 5.98. The van der Waals surface area contributed by atoms with Crippen molar-refractivity contribution in [3.05, 3.63) is 29.8 Å². The van der Waals surface area contributed by atoms with Crippen LogP contribution in [0.1, 0.15) is 32.3 Å². The number of carbonyl (C=O) groups is 2. The van der Waals surface area contributed by atoms with Crippen LogP contribution in [-0.2, 0) is 16.0 Å². The summed E-state index contributed by atoms with van der Waals surface area (Å²) in [6.07, 6.45) is 2.75. The van der Waals surface area contributed by atoms with Crippen LogP contribution in [0.15, 0.2) is 24.3 Å². The van der Waals surface area contributed by atoms with Crippen LogP contribution < -0.4 is 10.2 Å². The third-order valence-corrected chi connectivity index (χ3v) is 4.03. The standard InChI is InChI=1S/C18H27N3O2/c1-3-10-19-17(22)13-20(11-4-2)14-18(23)21-12-9-15-7-5-6-8-16(15)21/h5-8H,3-4,9-14H2,1-2H3,(H,19,22). The highest BCUT2D eigenvalue weighted by molar-refractivity contribution is 5.97. The second kappa shape index (κ2) is 8.67. The second-order valence-corrected chi connectivity index (χ2v) is 5.98. The van der Waals surface area contributed by atoms with Gasteiger partial charge in [0.05, 0.1) is 13.1 Å². The molecule has 2 amide bonds. The number of carbonyl (C=O) groups excluding carboxylic acids is 2. The summed E-state index contributed by atoms with van der Waals surface area (Å²) in [7, 11) is 0. The highest BCUT2D eigenvalue weighted by Crippen LogP contribution is 2.27. The smallest absolute Gasteiger partial charge is 0.241 e. The summed E-state index contributed by atoms with van der Waals surface area (Å²) in [4.78, 5) is 28.3. The minimum Gasteiger partial charge on any atom is -0.355 e. The summed E-state index contributed by atoms with van der Waals surface area (Å²) in [5, 5.41) is 2.87. The van der Waals surface area contributed by atoms with Crippen LogP contribution in [0.4, 0.5) is 5.69 Å². The van der Waals surface area contributed by atoms with Crippen LogP contribution in [0.3, 0.4) is 0 Å². The summed E-state index contributed by atoms with van der Waals surface area (Å²) in [5.41, 5.74) is 2.24. The van der Waals surface area contributed by atoms with Crippen molar-refractivity contribution >= 4 is 17.5 Å². The average molecular weight is 317 g/mol. The van der Waals surface area contributed by atoms with Crippen LogP contribution >= 0.6 is 0 Å². The molecular weight excluding hydrogens is 290 g/mol. The van der Waals surface area contributed by atoms with Gasteiger partial charge in [-0.05, 0) is 37.4 Å². The number of nitrogens with one attached hydrogen (secondary N) is 1. The summed E-state index contributed by atoms with van der Waals surface area (Å²) in [6, 6.07) is 8.05. The van der Waals surface area contributed by atoms with E-state index in [4.69, 9.17) is 0 Å². The van der Waals surface area contributed by atoms with Crippen molar-refractivity contribution in [2.75, 3.05) is 37.6 Å². The Morgan fingerprint density at radius 1 is 1.17 bits per heavy atom. The molecule has 0 aliphatic carbocycles. The summed E-state index contributed by atoms with van der Waals surface area (Å²) >= 11 is 0. The maximum atomic E-state index is 12.6. The first kappa shape index (κ1) is 17.5. The molecule has 1 aromatic rings. The van der Waals surface area contributed by atoms with Gasteiger partial charge in [0, 0.05) is 18.8 Å². The Bertz CT molecular complexity index is 545. The number of para-hydroxylation sites is 1. The molecule has 126 valence electrons. The van der Waals surface area contributed by atoms with Gasteiger partial charge < -0.3 is 10.2 Å². The van der Waals surface area contributed by atoms with Crippen molar-refractivity contribution in [3.63, 3.8) is 0 Å². The zero-order valence-electron chi connectivity index (χ0n) is 14.2. The highest BCUT2D eigenvalue weighted by atomic mass is 16.2. The van der Waals surface area contributed by atoms with Gasteiger partial charge in [0.2, 0.25) is 11.8 Å². The first-order valence-corrected chi connectivity index (χ1v) is 8.53. The normalized spacial score (nSPS) is 13.3. The molecule has 0 saturated carbocycles. The van der Waals surface area contributed by atoms with Crippen LogP contribution in [0.2, 0.25) is 0 Å². The van der Waals surface area contributed by atoms with Crippen molar-refractivity contribution in [1.29, 1.82) is 0 Å². The predicted octanol–water partition coefficient (Wildman–Crippen LogP) is 1.81. The summed E-state index contributed by atoms with van der Waals surface area (Å²) in [6.45, 7) is 6.84. The van der Waals surface area contributed by atoms with E-state index in [2.05, 4.69) is 18.3 Å². The molecular formula is C18H27N3O2. The zero-order chi connectivity index (χ0) is 16.7. The van der Waals surface area contributed by atoms with Gasteiger partial charge in [-0.2, -0.15) is 0 Å². The third kappa shape index (κ3) is 4.79. The lowest BCUT2D eigenvalue weighted by molar-refractivity contribution is -0.124. The Balaban J connectivity index is 1.94. The summed E-state index contributed by atoms with van der Waals surface area (Å²) in [5.74, 6) is 0.0709. The third-order valence-electron chi connectivity index (χ3n) is 4.03. The minimum absolute atomic E-state index is 0.00470. The molecule has 0 atom stereocenters. The van der Waals surface area contributed by atoms with Gasteiger partial charge in [0.1, 0.15) is 0 Å². The molecule has 1 N–H and O–H groups in total. The number of anilines is 1. The van der Waals surface area contributed by atoms with Gasteiger partial charge >= 0.3 is 0 Å². The Kier molecular flexibility index (Phi) is 6.59. The van der Waals surface area contributed by atoms with E-state index in [-0.39, 0.29) is 18.4 Å². The van der Waals surface area contributed by atoms with E-state index < -0.39 is 0 Å². The monoisotopic (exact) mass is 317 g/mol. The largest absolute Gasteiger partial charge is 0.355 e. The van der Waals surface area contributed by atoms with E-state index in [1.54, 1.807) is 0 Å². The topological polar surface area (TPSA) is 52.7 Å². The minimum atomic E-state index is -0.00470. The molecule has 0 radical (unpaired) electrons. The first-order chi connectivity index (χ1) is 11.2. The maximum absolute atomic E-state index is 12.6. The van der Waals surface area contributed by atoms with Gasteiger partial charge in [-0.1, -0.05) is 32.0 Å². The van der Waals surface area contributed by atoms with Crippen LogP contribution in [0.25, 0.3) is 0 Å². The Hall–Kier alpha value is -1.88. The molecule has 1 heterocycles. The van der Waals surface area contributed by atoms with E-state index in [0.717, 1.165) is 38.0 Å². The number of hydrogen-bond donors (Lipinski definition) is 1. The van der Waals surface area contributed by atoms with Crippen molar-refractivity contribution in [3.8, 4) is 0 Å². The summed E-state index contributed by atoms with van der Waals surface area (Å²) < 4.78 is 0. The van der Waals surface area contributed by atoms with Crippen LogP contribution in [0, 0.1) is 0 Å². The van der Waals surface area contributed by atoms with E-state index >= 15 is 0 Å². The molecule has 23 heavy (non-hydrogen) atoms.